The van der Waals surface area contributed by atoms with Crippen molar-refractivity contribution >= 4 is 5.91 Å². The van der Waals surface area contributed by atoms with E-state index in [1.807, 2.05) is 6.08 Å². The third-order valence-corrected chi connectivity index (χ3v) is 22.8. The van der Waals surface area contributed by atoms with Gasteiger partial charge in [0.1, 0.15) is 73.2 Å². The molecule has 0 aromatic carbocycles. The number of carbonyl (C=O) groups is 1. The fraction of sp³-hybridized carbons (Fsp3) is 0.804. The molecule has 3 rings (SSSR count). The van der Waals surface area contributed by atoms with Crippen molar-refractivity contribution in [3.63, 3.8) is 0 Å². The highest BCUT2D eigenvalue weighted by Gasteiger charge is 2.54. The largest absolute Gasteiger partial charge is 0.394 e. The number of carbonyl (C=O) groups excluding carboxylic acids is 1. The zero-order chi connectivity index (χ0) is 83.8. The Bertz CT molecular complexity index is 2520. The van der Waals surface area contributed by atoms with Crippen LogP contribution in [0, 0.1) is 0 Å². The molecule has 116 heavy (non-hydrogen) atoms. The second kappa shape index (κ2) is 75.2. The summed E-state index contributed by atoms with van der Waals surface area (Å²) in [7, 11) is 0. The molecule has 3 aliphatic rings. The molecule has 0 spiro atoms. The van der Waals surface area contributed by atoms with Crippen molar-refractivity contribution < 1.29 is 89.4 Å². The molecular weight excluding hydrogens is 1470 g/mol. The Balaban J connectivity index is 1.31. The van der Waals surface area contributed by atoms with E-state index in [0.29, 0.717) is 12.8 Å². The standard InChI is InChI=1S/C97H171NO18/c1-3-5-7-9-11-13-15-17-19-21-23-25-27-29-31-33-35-36-37-38-39-40-41-42-43-44-45-47-49-51-53-55-57-59-61-63-65-67-69-71-73-75-85(103)98-80(81(102)74-72-70-68-66-64-62-60-58-56-54-52-50-48-46-34-32-30-28-26-24-22-20-18-16-14-12-10-8-6-4-2)79-111-95-91(109)88(106)93(83(77-100)113-95)116-97-92(110)89(107)94(84(78-101)114-97)115-96-90(108)87(105)86(104)82(76-99)112-96/h5,7,11,13,17,19,23,25,29,31,35-36,56,58,64,66,72,74,80-84,86-97,99-102,104-110H,3-4,6,8-10,12,14-16,18,20-22,24,26-28,30,32-34,37-55,57,59-63,65,67-71,73,75-79H2,1-2H3,(H,98,103)/b7-5-,13-11-,19-17-,25-23-,31-29-,36-35-,58-56+,66-64+,74-72+. The maximum absolute atomic E-state index is 13.5. The van der Waals surface area contributed by atoms with Gasteiger partial charge in [0.2, 0.25) is 5.91 Å². The average molecular weight is 1640 g/mol. The molecule has 0 aliphatic carbocycles. The average Bonchev–Trinajstić information content (AvgIpc) is 0.783. The number of unbranched alkanes of at least 4 members (excludes halogenated alkanes) is 44. The molecule has 12 N–H and O–H groups in total. The molecule has 19 nitrogen and oxygen atoms in total. The summed E-state index contributed by atoms with van der Waals surface area (Å²) in [6.45, 7) is 1.64. The molecule has 0 saturated carbocycles. The van der Waals surface area contributed by atoms with Gasteiger partial charge in [-0.25, -0.2) is 0 Å². The smallest absolute Gasteiger partial charge is 0.220 e. The lowest BCUT2D eigenvalue weighted by atomic mass is 9.96. The van der Waals surface area contributed by atoms with E-state index in [0.717, 1.165) is 83.5 Å². The summed E-state index contributed by atoms with van der Waals surface area (Å²) in [5, 5.41) is 121. The summed E-state index contributed by atoms with van der Waals surface area (Å²) in [5.41, 5.74) is 0. The molecule has 17 atom stereocenters. The molecule has 672 valence electrons. The highest BCUT2D eigenvalue weighted by molar-refractivity contribution is 5.76. The third-order valence-electron chi connectivity index (χ3n) is 22.8. The zero-order valence-corrected chi connectivity index (χ0v) is 72.7. The number of aliphatic hydroxyl groups excluding tert-OH is 11. The van der Waals surface area contributed by atoms with Gasteiger partial charge in [0, 0.05) is 6.42 Å². The van der Waals surface area contributed by atoms with Crippen molar-refractivity contribution in [2.75, 3.05) is 26.4 Å². The first-order valence-electron chi connectivity index (χ1n) is 47.1. The summed E-state index contributed by atoms with van der Waals surface area (Å²) < 4.78 is 34.5. The second-order valence-corrected chi connectivity index (χ2v) is 33.1. The first-order valence-corrected chi connectivity index (χ1v) is 47.1. The van der Waals surface area contributed by atoms with E-state index < -0.39 is 124 Å². The van der Waals surface area contributed by atoms with Gasteiger partial charge < -0.3 is 89.9 Å². The fourth-order valence-electron chi connectivity index (χ4n) is 15.4. The van der Waals surface area contributed by atoms with Crippen molar-refractivity contribution in [3.05, 3.63) is 109 Å². The van der Waals surface area contributed by atoms with E-state index in [1.165, 1.54) is 250 Å². The number of hydrogen-bond donors (Lipinski definition) is 12. The fourth-order valence-corrected chi connectivity index (χ4v) is 15.4. The number of nitrogens with one attached hydrogen (secondary N) is 1. The minimum Gasteiger partial charge on any atom is -0.394 e. The van der Waals surface area contributed by atoms with Crippen molar-refractivity contribution in [2.24, 2.45) is 0 Å². The van der Waals surface area contributed by atoms with Crippen molar-refractivity contribution in [2.45, 2.75) is 471 Å². The van der Waals surface area contributed by atoms with Gasteiger partial charge in [0.05, 0.1) is 38.6 Å². The Morgan fingerprint density at radius 3 is 0.966 bits per heavy atom. The Morgan fingerprint density at radius 1 is 0.319 bits per heavy atom. The second-order valence-electron chi connectivity index (χ2n) is 33.1. The van der Waals surface area contributed by atoms with Crippen LogP contribution in [0.5, 0.6) is 0 Å². The number of ether oxygens (including phenoxy) is 6. The van der Waals surface area contributed by atoms with Gasteiger partial charge >= 0.3 is 0 Å². The van der Waals surface area contributed by atoms with Gasteiger partial charge in [-0.15, -0.1) is 0 Å². The normalized spacial score (nSPS) is 25.0. The highest BCUT2D eigenvalue weighted by Crippen LogP contribution is 2.34. The van der Waals surface area contributed by atoms with Crippen LogP contribution in [0.1, 0.15) is 367 Å². The lowest BCUT2D eigenvalue weighted by molar-refractivity contribution is -0.379. The van der Waals surface area contributed by atoms with Crippen LogP contribution in [0.15, 0.2) is 109 Å². The maximum atomic E-state index is 13.5. The number of rotatable bonds is 76. The lowest BCUT2D eigenvalue weighted by Crippen LogP contribution is -2.66. The maximum Gasteiger partial charge on any atom is 0.220 e. The lowest BCUT2D eigenvalue weighted by Gasteiger charge is -2.48. The Kier molecular flexibility index (Phi) is 69.1. The third kappa shape index (κ3) is 52.7. The summed E-state index contributed by atoms with van der Waals surface area (Å²) in [4.78, 5) is 13.5. The van der Waals surface area contributed by atoms with E-state index in [1.54, 1.807) is 6.08 Å². The molecule has 0 aromatic rings. The molecule has 3 aliphatic heterocycles. The highest BCUT2D eigenvalue weighted by atomic mass is 16.8. The number of allylic oxidation sites excluding steroid dienone is 17. The van der Waals surface area contributed by atoms with Crippen LogP contribution in [-0.2, 0) is 33.2 Å². The minimum absolute atomic E-state index is 0.231. The molecule has 1 amide bonds. The van der Waals surface area contributed by atoms with E-state index in [2.05, 4.69) is 116 Å². The monoisotopic (exact) mass is 1640 g/mol. The van der Waals surface area contributed by atoms with Gasteiger partial charge in [-0.05, 0) is 96.3 Å². The number of aliphatic hydroxyl groups is 11. The predicted octanol–water partition coefficient (Wildman–Crippen LogP) is 18.8. The Labute approximate surface area is 704 Å². The van der Waals surface area contributed by atoms with Gasteiger partial charge in [-0.1, -0.05) is 374 Å². The molecule has 3 fully saturated rings. The Hall–Kier alpha value is -3.55. The molecule has 3 heterocycles. The SMILES string of the molecule is CC/C=C\C/C=C\C/C=C\C/C=C\C/C=C\C/C=C\CCCCCCCCCCCCCCCCCCCCCCCCC(=O)NC(COC1OC(CO)C(OC2OC(CO)C(OC3OC(CO)C(O)C(O)C3O)C(O)C2O)C(O)C1O)C(O)/C=C/CC/C=C/CC/C=C/CCCCCCCCCCCCCCCCCCCCCC. The van der Waals surface area contributed by atoms with Crippen LogP contribution in [0.3, 0.4) is 0 Å². The van der Waals surface area contributed by atoms with Gasteiger partial charge in [-0.3, -0.25) is 4.79 Å². The predicted molar refractivity (Wildman–Crippen MR) is 470 cm³/mol. The van der Waals surface area contributed by atoms with E-state index in [9.17, 15) is 61.0 Å². The van der Waals surface area contributed by atoms with Crippen molar-refractivity contribution in [1.29, 1.82) is 0 Å². The molecule has 19 heteroatoms. The van der Waals surface area contributed by atoms with Crippen LogP contribution in [0.25, 0.3) is 0 Å². The van der Waals surface area contributed by atoms with Crippen molar-refractivity contribution in [3.8, 4) is 0 Å². The Morgan fingerprint density at radius 2 is 0.603 bits per heavy atom. The number of hydrogen-bond acceptors (Lipinski definition) is 18. The summed E-state index contributed by atoms with van der Waals surface area (Å²) in [6.07, 6.45) is 79.7. The summed E-state index contributed by atoms with van der Waals surface area (Å²) in [6, 6.07) is -1.00. The zero-order valence-electron chi connectivity index (χ0n) is 72.7. The summed E-state index contributed by atoms with van der Waals surface area (Å²) in [5.74, 6) is -0.286. The molecule has 0 radical (unpaired) electrons. The topological polar surface area (TPSA) is 307 Å². The van der Waals surface area contributed by atoms with Gasteiger partial charge in [-0.2, -0.15) is 0 Å². The quantitative estimate of drug-likeness (QED) is 0.0199. The van der Waals surface area contributed by atoms with Crippen LogP contribution in [0.4, 0.5) is 0 Å². The molecule has 0 aromatic heterocycles. The molecular formula is C97H171NO18. The summed E-state index contributed by atoms with van der Waals surface area (Å²) >= 11 is 0. The minimum atomic E-state index is -1.99. The van der Waals surface area contributed by atoms with Crippen LogP contribution in [-0.4, -0.2) is 193 Å². The van der Waals surface area contributed by atoms with E-state index in [4.69, 9.17) is 28.4 Å². The van der Waals surface area contributed by atoms with Gasteiger partial charge in [0.15, 0.2) is 18.9 Å². The van der Waals surface area contributed by atoms with E-state index >= 15 is 0 Å². The molecule has 17 unspecified atom stereocenters. The molecule has 0 bridgehead atoms. The van der Waals surface area contributed by atoms with Gasteiger partial charge in [0.25, 0.3) is 0 Å². The van der Waals surface area contributed by atoms with Crippen LogP contribution < -0.4 is 5.32 Å². The first kappa shape index (κ1) is 107. The molecule has 3 saturated heterocycles. The number of amides is 1. The van der Waals surface area contributed by atoms with E-state index in [-0.39, 0.29) is 18.9 Å². The van der Waals surface area contributed by atoms with Crippen LogP contribution in [0.2, 0.25) is 0 Å². The van der Waals surface area contributed by atoms with Crippen molar-refractivity contribution in [1.82, 2.24) is 5.32 Å². The van der Waals surface area contributed by atoms with Crippen LogP contribution >= 0.6 is 0 Å². The first-order chi connectivity index (χ1) is 56.8.